The molecule has 7 nitrogen and oxygen atoms in total. The Labute approximate surface area is 197 Å². The van der Waals surface area contributed by atoms with Crippen molar-refractivity contribution < 1.29 is 52.2 Å². The first-order valence-electron chi connectivity index (χ1n) is 9.58. The van der Waals surface area contributed by atoms with Gasteiger partial charge in [0.15, 0.2) is 9.84 Å². The minimum atomic E-state index is -6.20. The SMILES string of the molecule is CCS(=O)(=O)c1ccc(CC(=O)Nc2ccc(C(OS(C)(=O)=O)(C(F)(F)F)C(F)(F)F)cc2)cc1. The molecule has 1 amide bonds. The Morgan fingerprint density at radius 2 is 1.34 bits per heavy atom. The molecule has 2 aromatic rings. The van der Waals surface area contributed by atoms with E-state index < -0.39 is 49.4 Å². The number of hydrogen-bond acceptors (Lipinski definition) is 6. The largest absolute Gasteiger partial charge is 0.432 e. The van der Waals surface area contributed by atoms with Gasteiger partial charge in [0.2, 0.25) is 5.91 Å². The van der Waals surface area contributed by atoms with Crippen molar-refractivity contribution in [2.24, 2.45) is 0 Å². The zero-order valence-electron chi connectivity index (χ0n) is 18.1. The molecule has 2 aromatic carbocycles. The number of carbonyl (C=O) groups is 1. The van der Waals surface area contributed by atoms with E-state index in [1.54, 1.807) is 0 Å². The van der Waals surface area contributed by atoms with E-state index in [2.05, 4.69) is 9.50 Å². The third-order valence-electron chi connectivity index (χ3n) is 4.68. The number of halogens is 6. The van der Waals surface area contributed by atoms with Crippen LogP contribution in [0.2, 0.25) is 0 Å². The van der Waals surface area contributed by atoms with Gasteiger partial charge in [-0.05, 0) is 29.8 Å². The Morgan fingerprint density at radius 1 is 0.857 bits per heavy atom. The van der Waals surface area contributed by atoms with Gasteiger partial charge < -0.3 is 5.32 Å². The van der Waals surface area contributed by atoms with Gasteiger partial charge in [-0.25, -0.2) is 12.6 Å². The van der Waals surface area contributed by atoms with Gasteiger partial charge in [-0.2, -0.15) is 34.8 Å². The van der Waals surface area contributed by atoms with Crippen molar-refractivity contribution in [2.45, 2.75) is 36.2 Å². The number of nitrogens with one attached hydrogen (secondary N) is 1. The summed E-state index contributed by atoms with van der Waals surface area (Å²) in [5.41, 5.74) is -6.50. The van der Waals surface area contributed by atoms with Gasteiger partial charge in [-0.1, -0.05) is 31.2 Å². The molecule has 1 N–H and O–H groups in total. The zero-order chi connectivity index (χ0) is 26.9. The lowest BCUT2D eigenvalue weighted by Crippen LogP contribution is -2.56. The molecule has 0 unspecified atom stereocenters. The van der Waals surface area contributed by atoms with Crippen molar-refractivity contribution in [1.29, 1.82) is 0 Å². The van der Waals surface area contributed by atoms with E-state index in [4.69, 9.17) is 0 Å². The van der Waals surface area contributed by atoms with Gasteiger partial charge in [0.05, 0.1) is 23.3 Å². The molecule has 0 atom stereocenters. The van der Waals surface area contributed by atoms with Gasteiger partial charge in [0.1, 0.15) is 0 Å². The fourth-order valence-corrected chi connectivity index (χ4v) is 4.64. The van der Waals surface area contributed by atoms with Crippen molar-refractivity contribution in [3.05, 3.63) is 59.7 Å². The molecule has 0 saturated heterocycles. The third-order valence-corrected chi connectivity index (χ3v) is 6.98. The van der Waals surface area contributed by atoms with Crippen LogP contribution in [-0.2, 0) is 41.0 Å². The summed E-state index contributed by atoms with van der Waals surface area (Å²) in [6.07, 6.45) is -12.6. The molecule has 0 saturated carbocycles. The van der Waals surface area contributed by atoms with Crippen LogP contribution in [0.4, 0.5) is 32.0 Å². The monoisotopic (exact) mass is 547 g/mol. The number of carbonyl (C=O) groups excluding carboxylic acids is 1. The minimum Gasteiger partial charge on any atom is -0.326 e. The molecule has 0 heterocycles. The number of anilines is 1. The number of rotatable bonds is 8. The Balaban J connectivity index is 2.28. The maximum absolute atomic E-state index is 13.5. The van der Waals surface area contributed by atoms with Crippen LogP contribution in [0, 0.1) is 0 Å². The van der Waals surface area contributed by atoms with Gasteiger partial charge in [-0.3, -0.25) is 4.79 Å². The zero-order valence-corrected chi connectivity index (χ0v) is 19.7. The molecule has 0 fully saturated rings. The lowest BCUT2D eigenvalue weighted by molar-refractivity contribution is -0.364. The number of hydrogen-bond donors (Lipinski definition) is 1. The van der Waals surface area contributed by atoms with Crippen LogP contribution >= 0.6 is 0 Å². The van der Waals surface area contributed by atoms with E-state index in [0.717, 1.165) is 12.1 Å². The highest BCUT2D eigenvalue weighted by molar-refractivity contribution is 7.91. The van der Waals surface area contributed by atoms with E-state index in [1.165, 1.54) is 31.2 Å². The Hall–Kier alpha value is -2.65. The molecule has 0 aromatic heterocycles. The number of amides is 1. The van der Waals surface area contributed by atoms with E-state index >= 15 is 0 Å². The summed E-state index contributed by atoms with van der Waals surface area (Å²) < 4.78 is 131. The normalized spacial score (nSPS) is 13.5. The second-order valence-corrected chi connectivity index (χ2v) is 11.2. The molecule has 35 heavy (non-hydrogen) atoms. The predicted octanol–water partition coefficient (Wildman–Crippen LogP) is 3.96. The first-order valence-corrected chi connectivity index (χ1v) is 13.1. The first-order chi connectivity index (χ1) is 15.8. The summed E-state index contributed by atoms with van der Waals surface area (Å²) in [4.78, 5) is 12.3. The summed E-state index contributed by atoms with van der Waals surface area (Å²) in [6, 6.07) is 7.49. The highest BCUT2D eigenvalue weighted by Crippen LogP contribution is 2.53. The second kappa shape index (κ2) is 9.78. The molecule has 15 heteroatoms. The fourth-order valence-electron chi connectivity index (χ4n) is 3.02. The summed E-state index contributed by atoms with van der Waals surface area (Å²) in [7, 11) is -8.67. The highest BCUT2D eigenvalue weighted by atomic mass is 32.2. The van der Waals surface area contributed by atoms with Crippen molar-refractivity contribution >= 4 is 31.5 Å². The van der Waals surface area contributed by atoms with Crippen LogP contribution in [0.15, 0.2) is 53.4 Å². The number of alkyl halides is 6. The third kappa shape index (κ3) is 6.52. The lowest BCUT2D eigenvalue weighted by atomic mass is 9.92. The Morgan fingerprint density at radius 3 is 1.74 bits per heavy atom. The molecule has 0 bridgehead atoms. The molecule has 0 radical (unpaired) electrons. The van der Waals surface area contributed by atoms with E-state index in [1.807, 2.05) is 0 Å². The van der Waals surface area contributed by atoms with Crippen LogP contribution in [0.3, 0.4) is 0 Å². The Kier molecular flexibility index (Phi) is 7.98. The average molecular weight is 547 g/mol. The molecule has 0 spiro atoms. The van der Waals surface area contributed by atoms with Crippen LogP contribution < -0.4 is 5.32 Å². The predicted molar refractivity (Wildman–Crippen MR) is 113 cm³/mol. The van der Waals surface area contributed by atoms with Crippen molar-refractivity contribution in [3.8, 4) is 0 Å². The molecule has 2 rings (SSSR count). The summed E-state index contributed by atoms with van der Waals surface area (Å²) >= 11 is 0. The molecular weight excluding hydrogens is 528 g/mol. The molecule has 194 valence electrons. The van der Waals surface area contributed by atoms with Crippen LogP contribution in [-0.4, -0.2) is 47.1 Å². The minimum absolute atomic E-state index is 0.0499. The van der Waals surface area contributed by atoms with Gasteiger partial charge in [-0.15, -0.1) is 0 Å². The summed E-state index contributed by atoms with van der Waals surface area (Å²) in [5.74, 6) is -0.823. The number of sulfone groups is 1. The van der Waals surface area contributed by atoms with Crippen LogP contribution in [0.1, 0.15) is 18.1 Å². The molecular formula is C20H19F6NO6S2. The van der Waals surface area contributed by atoms with Gasteiger partial charge >= 0.3 is 18.0 Å². The molecule has 0 aliphatic heterocycles. The highest BCUT2D eigenvalue weighted by Gasteiger charge is 2.75. The van der Waals surface area contributed by atoms with Crippen LogP contribution in [0.5, 0.6) is 0 Å². The van der Waals surface area contributed by atoms with E-state index in [9.17, 15) is 48.0 Å². The van der Waals surface area contributed by atoms with Crippen LogP contribution in [0.25, 0.3) is 0 Å². The van der Waals surface area contributed by atoms with Crippen molar-refractivity contribution in [2.75, 3.05) is 17.3 Å². The Bertz CT molecular complexity index is 1260. The maximum Gasteiger partial charge on any atom is 0.432 e. The van der Waals surface area contributed by atoms with Crippen molar-refractivity contribution in [1.82, 2.24) is 0 Å². The van der Waals surface area contributed by atoms with E-state index in [-0.39, 0.29) is 29.0 Å². The van der Waals surface area contributed by atoms with E-state index in [0.29, 0.717) is 17.7 Å². The lowest BCUT2D eigenvalue weighted by Gasteiger charge is -2.36. The standard InChI is InChI=1S/C20H19F6NO6S2/c1-3-35(31,32)16-10-4-13(5-11-16)12-17(28)27-15-8-6-14(7-9-15)18(19(21,22)23,20(24,25)26)33-34(2,29)30/h4-11H,3,12H2,1-2H3,(H,27,28). The average Bonchev–Trinajstić information content (AvgIpc) is 2.70. The topological polar surface area (TPSA) is 107 Å². The first kappa shape index (κ1) is 28.6. The van der Waals surface area contributed by atoms with Gasteiger partial charge in [0.25, 0.3) is 10.1 Å². The quantitative estimate of drug-likeness (QED) is 0.396. The molecule has 0 aliphatic carbocycles. The van der Waals surface area contributed by atoms with Gasteiger partial charge in [0, 0.05) is 11.3 Å². The summed E-state index contributed by atoms with van der Waals surface area (Å²) in [6.45, 7) is 1.46. The number of benzene rings is 2. The molecule has 0 aliphatic rings. The fraction of sp³-hybridized carbons (Fsp3) is 0.350. The second-order valence-electron chi connectivity index (χ2n) is 7.31. The summed E-state index contributed by atoms with van der Waals surface area (Å²) in [5, 5.41) is 2.27. The van der Waals surface area contributed by atoms with Crippen molar-refractivity contribution in [3.63, 3.8) is 0 Å². The maximum atomic E-state index is 13.5. The smallest absolute Gasteiger partial charge is 0.326 e.